The Bertz CT molecular complexity index is 1010. The van der Waals surface area contributed by atoms with E-state index in [1.807, 2.05) is 0 Å². The highest BCUT2D eigenvalue weighted by atomic mass is 35.5. The number of nitrogens with two attached hydrogens (primary N) is 1. The first-order valence-electron chi connectivity index (χ1n) is 6.90. The van der Waals surface area contributed by atoms with Crippen LogP contribution in [0.3, 0.4) is 0 Å². The molecule has 0 atom stereocenters. The van der Waals surface area contributed by atoms with Crippen molar-refractivity contribution in [2.45, 2.75) is 0 Å². The number of rotatable bonds is 3. The van der Waals surface area contributed by atoms with Crippen LogP contribution in [-0.2, 0) is 0 Å². The second-order valence-corrected chi connectivity index (χ2v) is 5.32. The molecule has 0 aliphatic carbocycles. The van der Waals surface area contributed by atoms with Crippen molar-refractivity contribution < 1.29 is 18.3 Å². The molecule has 0 unspecified atom stereocenters. The summed E-state index contributed by atoms with van der Waals surface area (Å²) in [5, 5.41) is 0.828. The molecule has 0 fully saturated rings. The molecule has 0 aliphatic rings. The maximum atomic E-state index is 13.4. The van der Waals surface area contributed by atoms with Crippen molar-refractivity contribution in [2.24, 2.45) is 10.7 Å². The third-order valence-corrected chi connectivity index (χ3v) is 3.67. The van der Waals surface area contributed by atoms with Gasteiger partial charge in [0.2, 0.25) is 5.55 Å². The van der Waals surface area contributed by atoms with Crippen LogP contribution < -0.4 is 16.0 Å². The molecule has 1 aromatic heterocycles. The Morgan fingerprint density at radius 1 is 1.29 bits per heavy atom. The smallest absolute Gasteiger partial charge is 0.254 e. The van der Waals surface area contributed by atoms with Crippen LogP contribution in [-0.4, -0.2) is 13.0 Å². The van der Waals surface area contributed by atoms with Gasteiger partial charge in [-0.15, -0.1) is 0 Å². The molecule has 0 aliphatic heterocycles. The number of carbonyl (C=O) groups is 1. The Hall–Kier alpha value is -2.86. The lowest BCUT2D eigenvalue weighted by atomic mass is 10.1. The molecule has 3 aromatic rings. The average Bonchev–Trinajstić information content (AvgIpc) is 2.56. The summed E-state index contributed by atoms with van der Waals surface area (Å²) in [6.45, 7) is 0. The maximum absolute atomic E-state index is 13.4. The molecular formula is C17H12ClFN2O3. The molecule has 2 N–H and O–H groups in total. The van der Waals surface area contributed by atoms with Crippen molar-refractivity contribution in [3.63, 3.8) is 0 Å². The molecule has 0 saturated carbocycles. The number of amides is 1. The van der Waals surface area contributed by atoms with E-state index in [9.17, 15) is 9.18 Å². The first kappa shape index (κ1) is 16.0. The van der Waals surface area contributed by atoms with Crippen LogP contribution in [0.4, 0.5) is 10.1 Å². The molecule has 1 amide bonds. The van der Waals surface area contributed by atoms with E-state index in [2.05, 4.69) is 4.99 Å². The first-order valence-corrected chi connectivity index (χ1v) is 7.28. The Labute approximate surface area is 141 Å². The zero-order valence-electron chi connectivity index (χ0n) is 12.5. The van der Waals surface area contributed by atoms with Crippen LogP contribution in [0.15, 0.2) is 51.9 Å². The molecule has 0 saturated heterocycles. The molecule has 7 heteroatoms. The van der Waals surface area contributed by atoms with Gasteiger partial charge in [-0.25, -0.2) is 9.38 Å². The number of benzene rings is 2. The van der Waals surface area contributed by atoms with Gasteiger partial charge in [-0.2, -0.15) is 0 Å². The minimum absolute atomic E-state index is 0.0519. The molecule has 0 spiro atoms. The summed E-state index contributed by atoms with van der Waals surface area (Å²) in [7, 11) is 1.49. The topological polar surface area (TPSA) is 77.8 Å². The van der Waals surface area contributed by atoms with Crippen molar-refractivity contribution in [3.05, 3.63) is 64.4 Å². The summed E-state index contributed by atoms with van der Waals surface area (Å²) in [4.78, 5) is 15.9. The van der Waals surface area contributed by atoms with E-state index in [-0.39, 0.29) is 21.8 Å². The van der Waals surface area contributed by atoms with Crippen LogP contribution in [0.25, 0.3) is 11.0 Å². The lowest BCUT2D eigenvalue weighted by molar-refractivity contribution is 0.0996. The number of para-hydroxylation sites is 1. The van der Waals surface area contributed by atoms with E-state index in [4.69, 9.17) is 26.5 Å². The van der Waals surface area contributed by atoms with Gasteiger partial charge in [0.1, 0.15) is 11.4 Å². The summed E-state index contributed by atoms with van der Waals surface area (Å²) in [6.07, 6.45) is 0. The molecule has 2 aromatic carbocycles. The van der Waals surface area contributed by atoms with Crippen LogP contribution >= 0.6 is 11.6 Å². The number of methoxy groups -OCH3 is 1. The number of halogens is 2. The van der Waals surface area contributed by atoms with Gasteiger partial charge in [0, 0.05) is 11.5 Å². The van der Waals surface area contributed by atoms with E-state index in [1.54, 1.807) is 18.2 Å². The van der Waals surface area contributed by atoms with Crippen LogP contribution in [0.5, 0.6) is 5.75 Å². The highest BCUT2D eigenvalue weighted by molar-refractivity contribution is 6.32. The van der Waals surface area contributed by atoms with E-state index in [1.165, 1.54) is 25.3 Å². The number of fused-ring (bicyclic) bond motifs is 1. The predicted octanol–water partition coefficient (Wildman–Crippen LogP) is 3.57. The molecule has 24 heavy (non-hydrogen) atoms. The van der Waals surface area contributed by atoms with Crippen molar-refractivity contribution >= 4 is 34.2 Å². The van der Waals surface area contributed by atoms with Crippen molar-refractivity contribution in [3.8, 4) is 5.75 Å². The lowest BCUT2D eigenvalue weighted by Crippen LogP contribution is -2.21. The Morgan fingerprint density at radius 2 is 2.08 bits per heavy atom. The summed E-state index contributed by atoms with van der Waals surface area (Å²) in [5.74, 6) is -0.780. The normalized spacial score (nSPS) is 11.7. The Balaban J connectivity index is 2.36. The van der Waals surface area contributed by atoms with Gasteiger partial charge in [0.25, 0.3) is 5.91 Å². The lowest BCUT2D eigenvalue weighted by Gasteiger charge is -2.06. The second kappa shape index (κ2) is 6.33. The molecule has 5 nitrogen and oxygen atoms in total. The monoisotopic (exact) mass is 346 g/mol. The fourth-order valence-corrected chi connectivity index (χ4v) is 2.39. The molecule has 3 rings (SSSR count). The van der Waals surface area contributed by atoms with E-state index < -0.39 is 11.7 Å². The van der Waals surface area contributed by atoms with E-state index >= 15 is 0 Å². The van der Waals surface area contributed by atoms with Gasteiger partial charge >= 0.3 is 0 Å². The average molecular weight is 347 g/mol. The number of hydrogen-bond acceptors (Lipinski definition) is 4. The predicted molar refractivity (Wildman–Crippen MR) is 87.9 cm³/mol. The highest BCUT2D eigenvalue weighted by Gasteiger charge is 2.13. The van der Waals surface area contributed by atoms with Crippen LogP contribution in [0, 0.1) is 5.82 Å². The SMILES string of the molecule is COc1cccc2cc(C(N)=O)c(=Nc3cc(F)ccc3Cl)oc12. The zero-order chi connectivity index (χ0) is 17.3. The molecule has 1 heterocycles. The van der Waals surface area contributed by atoms with Gasteiger partial charge in [0.05, 0.1) is 17.8 Å². The van der Waals surface area contributed by atoms with Crippen molar-refractivity contribution in [1.29, 1.82) is 0 Å². The summed E-state index contributed by atoms with van der Waals surface area (Å²) < 4.78 is 24.4. The molecular weight excluding hydrogens is 335 g/mol. The van der Waals surface area contributed by atoms with Gasteiger partial charge in [-0.1, -0.05) is 23.7 Å². The Kier molecular flexibility index (Phi) is 4.22. The molecule has 0 radical (unpaired) electrons. The summed E-state index contributed by atoms with van der Waals surface area (Å²) in [6, 6.07) is 10.4. The quantitative estimate of drug-likeness (QED) is 0.787. The summed E-state index contributed by atoms with van der Waals surface area (Å²) in [5.41, 5.74) is 5.88. The largest absolute Gasteiger partial charge is 0.493 e. The standard InChI is InChI=1S/C17H12ClFN2O3/c1-23-14-4-2-3-9-7-11(16(20)22)17(24-15(9)14)21-13-8-10(19)5-6-12(13)18/h2-8H,1H3,(H2,20,22). The molecule has 122 valence electrons. The van der Waals surface area contributed by atoms with E-state index in [0.717, 1.165) is 6.07 Å². The molecule has 0 bridgehead atoms. The van der Waals surface area contributed by atoms with Crippen molar-refractivity contribution in [1.82, 2.24) is 0 Å². The zero-order valence-corrected chi connectivity index (χ0v) is 13.3. The maximum Gasteiger partial charge on any atom is 0.254 e. The number of ether oxygens (including phenoxy) is 1. The number of nitrogens with zero attached hydrogens (tertiary/aromatic N) is 1. The highest BCUT2D eigenvalue weighted by Crippen LogP contribution is 2.27. The van der Waals surface area contributed by atoms with Gasteiger partial charge in [-0.3, -0.25) is 4.79 Å². The van der Waals surface area contributed by atoms with Gasteiger partial charge in [-0.05, 0) is 24.3 Å². The number of carbonyl (C=O) groups excluding carboxylic acids is 1. The third kappa shape index (κ3) is 2.96. The second-order valence-electron chi connectivity index (χ2n) is 4.92. The fourth-order valence-electron chi connectivity index (χ4n) is 2.23. The van der Waals surface area contributed by atoms with E-state index in [0.29, 0.717) is 16.7 Å². The summed E-state index contributed by atoms with van der Waals surface area (Å²) >= 11 is 6.01. The van der Waals surface area contributed by atoms with Crippen molar-refractivity contribution in [2.75, 3.05) is 7.11 Å². The Morgan fingerprint density at radius 3 is 2.79 bits per heavy atom. The third-order valence-electron chi connectivity index (χ3n) is 3.35. The number of hydrogen-bond donors (Lipinski definition) is 1. The minimum Gasteiger partial charge on any atom is -0.493 e. The fraction of sp³-hybridized carbons (Fsp3) is 0.0588. The minimum atomic E-state index is -0.727. The number of primary amides is 1. The first-order chi connectivity index (χ1) is 11.5. The van der Waals surface area contributed by atoms with Crippen LogP contribution in [0.1, 0.15) is 10.4 Å². The van der Waals surface area contributed by atoms with Gasteiger partial charge < -0.3 is 14.9 Å². The van der Waals surface area contributed by atoms with Crippen LogP contribution in [0.2, 0.25) is 5.02 Å². The van der Waals surface area contributed by atoms with Gasteiger partial charge in [0.15, 0.2) is 11.3 Å².